The lowest BCUT2D eigenvalue weighted by Crippen LogP contribution is -2.40. The van der Waals surface area contributed by atoms with Gasteiger partial charge < -0.3 is 4.74 Å². The predicted octanol–water partition coefficient (Wildman–Crippen LogP) is 3.17. The molecular formula is C12H29NO. The molecule has 0 aromatic rings. The summed E-state index contributed by atoms with van der Waals surface area (Å²) in [5.41, 5.74) is 0. The Morgan fingerprint density at radius 3 is 1.64 bits per heavy atom. The zero-order chi connectivity index (χ0) is 11.4. The van der Waals surface area contributed by atoms with Gasteiger partial charge in [-0.05, 0) is 13.8 Å². The van der Waals surface area contributed by atoms with Crippen LogP contribution in [0.3, 0.4) is 0 Å². The maximum Gasteiger partial charge on any atom is 0.0594 e. The molecule has 0 spiro atoms. The molecule has 1 heterocycles. The van der Waals surface area contributed by atoms with E-state index in [-0.39, 0.29) is 0 Å². The first-order chi connectivity index (χ1) is 6.72. The first-order valence-electron chi connectivity index (χ1n) is 6.04. The van der Waals surface area contributed by atoms with E-state index in [1.807, 2.05) is 13.8 Å². The van der Waals surface area contributed by atoms with Crippen molar-refractivity contribution in [1.29, 1.82) is 0 Å². The molecule has 1 fully saturated rings. The predicted molar refractivity (Wildman–Crippen MR) is 64.8 cm³/mol. The average Bonchev–Trinajstić information content (AvgIpc) is 2.23. The van der Waals surface area contributed by atoms with Gasteiger partial charge in [0.05, 0.1) is 13.2 Å². The van der Waals surface area contributed by atoms with Gasteiger partial charge in [-0.3, -0.25) is 4.90 Å². The van der Waals surface area contributed by atoms with Crippen molar-refractivity contribution in [1.82, 2.24) is 4.90 Å². The lowest BCUT2D eigenvalue weighted by atomic mass is 10.3. The Morgan fingerprint density at radius 1 is 1.07 bits per heavy atom. The van der Waals surface area contributed by atoms with E-state index in [1.165, 1.54) is 6.42 Å². The fourth-order valence-electron chi connectivity index (χ4n) is 1.09. The molecule has 0 amide bonds. The summed E-state index contributed by atoms with van der Waals surface area (Å²) in [5, 5.41) is 0. The highest BCUT2D eigenvalue weighted by atomic mass is 16.5. The molecule has 0 N–H and O–H groups in total. The SMILES string of the molecule is CC.CC(C)N1CCOCC1.CCC. The van der Waals surface area contributed by atoms with Crippen LogP contribution in [0.2, 0.25) is 0 Å². The normalized spacial score (nSPS) is 16.5. The highest BCUT2D eigenvalue weighted by Gasteiger charge is 2.11. The molecule has 0 aromatic heterocycles. The largest absolute Gasteiger partial charge is 0.379 e. The maximum absolute atomic E-state index is 5.21. The van der Waals surface area contributed by atoms with Crippen LogP contribution in [0.4, 0.5) is 0 Å². The highest BCUT2D eigenvalue weighted by Crippen LogP contribution is 2.01. The summed E-state index contributed by atoms with van der Waals surface area (Å²) in [6.07, 6.45) is 1.25. The Bertz CT molecular complexity index is 88.3. The van der Waals surface area contributed by atoms with Crippen LogP contribution in [-0.2, 0) is 4.74 Å². The summed E-state index contributed by atoms with van der Waals surface area (Å²) in [4.78, 5) is 2.43. The molecule has 0 unspecified atom stereocenters. The van der Waals surface area contributed by atoms with Gasteiger partial charge in [0.15, 0.2) is 0 Å². The first-order valence-corrected chi connectivity index (χ1v) is 6.04. The van der Waals surface area contributed by atoms with Gasteiger partial charge in [0.2, 0.25) is 0 Å². The average molecular weight is 203 g/mol. The zero-order valence-corrected chi connectivity index (χ0v) is 11.0. The van der Waals surface area contributed by atoms with E-state index < -0.39 is 0 Å². The molecule has 0 radical (unpaired) electrons. The molecule has 0 bridgehead atoms. The third-order valence-electron chi connectivity index (χ3n) is 1.78. The molecule has 88 valence electrons. The van der Waals surface area contributed by atoms with Gasteiger partial charge in [0.25, 0.3) is 0 Å². The van der Waals surface area contributed by atoms with E-state index >= 15 is 0 Å². The van der Waals surface area contributed by atoms with E-state index in [4.69, 9.17) is 4.74 Å². The van der Waals surface area contributed by atoms with Crippen molar-refractivity contribution in [3.63, 3.8) is 0 Å². The molecule has 14 heavy (non-hydrogen) atoms. The number of hydrogen-bond acceptors (Lipinski definition) is 2. The van der Waals surface area contributed by atoms with E-state index in [1.54, 1.807) is 0 Å². The second-order valence-electron chi connectivity index (χ2n) is 3.45. The minimum atomic E-state index is 0.689. The van der Waals surface area contributed by atoms with Crippen molar-refractivity contribution in [2.24, 2.45) is 0 Å². The van der Waals surface area contributed by atoms with Gasteiger partial charge in [0.1, 0.15) is 0 Å². The van der Waals surface area contributed by atoms with E-state index in [0.717, 1.165) is 26.3 Å². The van der Waals surface area contributed by atoms with Crippen LogP contribution in [0.25, 0.3) is 0 Å². The standard InChI is InChI=1S/C7H15NO.C3H8.C2H6/c1-7(2)8-3-5-9-6-4-8;1-3-2;1-2/h7H,3-6H2,1-2H3;3H2,1-2H3;1-2H3. The molecule has 0 aliphatic carbocycles. The summed E-state index contributed by atoms with van der Waals surface area (Å²) in [5.74, 6) is 0. The minimum Gasteiger partial charge on any atom is -0.379 e. The summed E-state index contributed by atoms with van der Waals surface area (Å²) in [6, 6.07) is 0.689. The molecule has 0 saturated carbocycles. The molecule has 1 aliphatic heterocycles. The van der Waals surface area contributed by atoms with Gasteiger partial charge in [-0.25, -0.2) is 0 Å². The summed E-state index contributed by atoms with van der Waals surface area (Å²) in [6.45, 7) is 16.8. The molecule has 1 rings (SSSR count). The number of ether oxygens (including phenoxy) is 1. The van der Waals surface area contributed by atoms with Crippen molar-refractivity contribution < 1.29 is 4.74 Å². The molecule has 2 nitrogen and oxygen atoms in total. The smallest absolute Gasteiger partial charge is 0.0594 e. The van der Waals surface area contributed by atoms with Crippen LogP contribution >= 0.6 is 0 Å². The lowest BCUT2D eigenvalue weighted by Gasteiger charge is -2.29. The van der Waals surface area contributed by atoms with Gasteiger partial charge in [0, 0.05) is 19.1 Å². The van der Waals surface area contributed by atoms with Crippen LogP contribution in [0.5, 0.6) is 0 Å². The Hall–Kier alpha value is -0.0800. The van der Waals surface area contributed by atoms with Crippen LogP contribution in [0.1, 0.15) is 48.0 Å². The number of nitrogens with zero attached hydrogens (tertiary/aromatic N) is 1. The highest BCUT2D eigenvalue weighted by molar-refractivity contribution is 4.64. The second kappa shape index (κ2) is 12.9. The van der Waals surface area contributed by atoms with Crippen molar-refractivity contribution >= 4 is 0 Å². The topological polar surface area (TPSA) is 12.5 Å². The number of morpholine rings is 1. The fraction of sp³-hybridized carbons (Fsp3) is 1.00. The fourth-order valence-corrected chi connectivity index (χ4v) is 1.09. The molecule has 0 aromatic carbocycles. The van der Waals surface area contributed by atoms with Crippen molar-refractivity contribution in [3.05, 3.63) is 0 Å². The van der Waals surface area contributed by atoms with E-state index in [2.05, 4.69) is 32.6 Å². The minimum absolute atomic E-state index is 0.689. The Balaban J connectivity index is 0. The Labute approximate surface area is 90.6 Å². The molecular weight excluding hydrogens is 174 g/mol. The van der Waals surface area contributed by atoms with Gasteiger partial charge in [-0.1, -0.05) is 34.1 Å². The Kier molecular flexibility index (Phi) is 15.1. The van der Waals surface area contributed by atoms with Crippen molar-refractivity contribution in [2.45, 2.75) is 54.0 Å². The third kappa shape index (κ3) is 10.0. The van der Waals surface area contributed by atoms with Gasteiger partial charge in [-0.15, -0.1) is 0 Å². The molecule has 1 aliphatic rings. The van der Waals surface area contributed by atoms with Crippen LogP contribution in [0.15, 0.2) is 0 Å². The van der Waals surface area contributed by atoms with E-state index in [9.17, 15) is 0 Å². The quantitative estimate of drug-likeness (QED) is 0.649. The summed E-state index contributed by atoms with van der Waals surface area (Å²) >= 11 is 0. The summed E-state index contributed by atoms with van der Waals surface area (Å²) in [7, 11) is 0. The van der Waals surface area contributed by atoms with Crippen LogP contribution < -0.4 is 0 Å². The number of rotatable bonds is 1. The zero-order valence-electron chi connectivity index (χ0n) is 11.0. The number of hydrogen-bond donors (Lipinski definition) is 0. The van der Waals surface area contributed by atoms with Gasteiger partial charge >= 0.3 is 0 Å². The molecule has 2 heteroatoms. The lowest BCUT2D eigenvalue weighted by molar-refractivity contribution is 0.0238. The van der Waals surface area contributed by atoms with Crippen LogP contribution in [0, 0.1) is 0 Å². The molecule has 0 atom stereocenters. The van der Waals surface area contributed by atoms with Crippen LogP contribution in [-0.4, -0.2) is 37.2 Å². The Morgan fingerprint density at radius 2 is 1.43 bits per heavy atom. The second-order valence-corrected chi connectivity index (χ2v) is 3.45. The summed E-state index contributed by atoms with van der Waals surface area (Å²) < 4.78 is 5.21. The maximum atomic E-state index is 5.21. The van der Waals surface area contributed by atoms with E-state index in [0.29, 0.717) is 6.04 Å². The third-order valence-corrected chi connectivity index (χ3v) is 1.78. The monoisotopic (exact) mass is 203 g/mol. The van der Waals surface area contributed by atoms with Crippen molar-refractivity contribution in [2.75, 3.05) is 26.3 Å². The molecule has 1 saturated heterocycles. The van der Waals surface area contributed by atoms with Gasteiger partial charge in [-0.2, -0.15) is 0 Å². The van der Waals surface area contributed by atoms with Crippen molar-refractivity contribution in [3.8, 4) is 0 Å². The first kappa shape index (κ1) is 16.4.